The third-order valence-corrected chi connectivity index (χ3v) is 2.85. The number of amides is 1. The molecule has 0 unspecified atom stereocenters. The molecule has 0 saturated carbocycles. The number of ether oxygens (including phenoxy) is 1. The smallest absolute Gasteiger partial charge is 0.255 e. The maximum absolute atomic E-state index is 13.3. The van der Waals surface area contributed by atoms with E-state index in [0.29, 0.717) is 11.3 Å². The largest absolute Gasteiger partial charge is 0.494 e. The summed E-state index contributed by atoms with van der Waals surface area (Å²) in [5.74, 6) is -0.919. The molecule has 1 amide bonds. The molecule has 0 aliphatic heterocycles. The van der Waals surface area contributed by atoms with E-state index >= 15 is 0 Å². The summed E-state index contributed by atoms with van der Waals surface area (Å²) < 4.78 is 18.1. The first kappa shape index (κ1) is 14.0. The lowest BCUT2D eigenvalue weighted by Crippen LogP contribution is -2.13. The number of hydrogen-bond acceptors (Lipinski definition) is 3. The van der Waals surface area contributed by atoms with Gasteiger partial charge in [0, 0.05) is 16.8 Å². The third kappa shape index (κ3) is 2.95. The van der Waals surface area contributed by atoms with E-state index in [9.17, 15) is 14.3 Å². The van der Waals surface area contributed by atoms with E-state index in [4.69, 9.17) is 4.74 Å². The molecule has 0 aliphatic rings. The number of carbonyl (C=O) groups excluding carboxylic acids is 1. The molecule has 0 bridgehead atoms. The van der Waals surface area contributed by atoms with Crippen LogP contribution in [0.5, 0.6) is 5.75 Å². The zero-order valence-corrected chi connectivity index (χ0v) is 10.9. The number of para-hydroxylation sites is 1. The van der Waals surface area contributed by atoms with Crippen molar-refractivity contribution < 1.29 is 19.0 Å². The summed E-state index contributed by atoms with van der Waals surface area (Å²) in [6, 6.07) is 10.8. The maximum atomic E-state index is 13.3. The Morgan fingerprint density at radius 3 is 2.75 bits per heavy atom. The zero-order valence-electron chi connectivity index (χ0n) is 10.9. The molecule has 20 heavy (non-hydrogen) atoms. The molecule has 0 fully saturated rings. The minimum atomic E-state index is -0.528. The van der Waals surface area contributed by atoms with Gasteiger partial charge in [-0.05, 0) is 24.3 Å². The minimum absolute atomic E-state index is 0.00749. The number of methoxy groups -OCH3 is 1. The van der Waals surface area contributed by atoms with Gasteiger partial charge >= 0.3 is 0 Å². The molecule has 0 saturated heterocycles. The molecule has 0 aromatic heterocycles. The van der Waals surface area contributed by atoms with Crippen LogP contribution in [0.15, 0.2) is 42.5 Å². The van der Waals surface area contributed by atoms with Crippen LogP contribution in [0.4, 0.5) is 10.1 Å². The molecule has 0 aliphatic carbocycles. The van der Waals surface area contributed by atoms with Crippen LogP contribution >= 0.6 is 0 Å². The van der Waals surface area contributed by atoms with Gasteiger partial charge in [-0.25, -0.2) is 4.39 Å². The number of aliphatic hydroxyl groups is 1. The summed E-state index contributed by atoms with van der Waals surface area (Å²) in [6.07, 6.45) is 0. The van der Waals surface area contributed by atoms with Gasteiger partial charge in [-0.3, -0.25) is 4.79 Å². The van der Waals surface area contributed by atoms with Gasteiger partial charge in [-0.1, -0.05) is 18.2 Å². The average molecular weight is 275 g/mol. The maximum Gasteiger partial charge on any atom is 0.255 e. The molecule has 0 radical (unpaired) electrons. The Morgan fingerprint density at radius 2 is 2.05 bits per heavy atom. The van der Waals surface area contributed by atoms with Crippen LogP contribution in [-0.2, 0) is 6.61 Å². The Kier molecular flexibility index (Phi) is 4.32. The third-order valence-electron chi connectivity index (χ3n) is 2.85. The van der Waals surface area contributed by atoms with E-state index in [1.54, 1.807) is 24.3 Å². The first-order chi connectivity index (χ1) is 9.65. The lowest BCUT2D eigenvalue weighted by molar-refractivity contribution is 0.102. The lowest BCUT2D eigenvalue weighted by atomic mass is 10.1. The van der Waals surface area contributed by atoms with Gasteiger partial charge in [0.2, 0.25) is 0 Å². The Balaban J connectivity index is 2.24. The molecule has 2 aromatic rings. The van der Waals surface area contributed by atoms with E-state index in [1.165, 1.54) is 25.3 Å². The molecule has 0 atom stereocenters. The lowest BCUT2D eigenvalue weighted by Gasteiger charge is -2.10. The van der Waals surface area contributed by atoms with Gasteiger partial charge in [0.15, 0.2) is 11.6 Å². The summed E-state index contributed by atoms with van der Waals surface area (Å²) in [5.41, 5.74) is 1.40. The van der Waals surface area contributed by atoms with Crippen molar-refractivity contribution in [2.45, 2.75) is 6.61 Å². The topological polar surface area (TPSA) is 58.6 Å². The summed E-state index contributed by atoms with van der Waals surface area (Å²) >= 11 is 0. The highest BCUT2D eigenvalue weighted by molar-refractivity contribution is 6.04. The monoisotopic (exact) mass is 275 g/mol. The molecule has 104 valence electrons. The number of halogens is 1. The van der Waals surface area contributed by atoms with Crippen LogP contribution in [0, 0.1) is 5.82 Å². The normalized spacial score (nSPS) is 10.2. The molecule has 2 N–H and O–H groups in total. The van der Waals surface area contributed by atoms with Crippen LogP contribution in [0.1, 0.15) is 15.9 Å². The van der Waals surface area contributed by atoms with Gasteiger partial charge in [-0.15, -0.1) is 0 Å². The first-order valence-electron chi connectivity index (χ1n) is 5.99. The first-order valence-corrected chi connectivity index (χ1v) is 5.99. The average Bonchev–Trinajstić information content (AvgIpc) is 2.48. The zero-order chi connectivity index (χ0) is 14.5. The van der Waals surface area contributed by atoms with Crippen LogP contribution in [0.25, 0.3) is 0 Å². The number of rotatable bonds is 4. The number of nitrogens with one attached hydrogen (secondary N) is 1. The summed E-state index contributed by atoms with van der Waals surface area (Å²) in [7, 11) is 1.33. The van der Waals surface area contributed by atoms with E-state index < -0.39 is 11.7 Å². The Hall–Kier alpha value is -2.40. The molecule has 5 heteroatoms. The standard InChI is InChI=1S/C15H14FNO3/c1-20-14-8-10(6-7-12(14)16)15(19)17-13-5-3-2-4-11(13)9-18/h2-8,18H,9H2,1H3,(H,17,19). The summed E-state index contributed by atoms with van der Waals surface area (Å²) in [6.45, 7) is -0.177. The Labute approximate surface area is 115 Å². The van der Waals surface area contributed by atoms with Gasteiger partial charge in [0.05, 0.1) is 13.7 Å². The predicted molar refractivity (Wildman–Crippen MR) is 73.3 cm³/mol. The van der Waals surface area contributed by atoms with Crippen molar-refractivity contribution in [3.63, 3.8) is 0 Å². The highest BCUT2D eigenvalue weighted by Crippen LogP contribution is 2.20. The summed E-state index contributed by atoms with van der Waals surface area (Å²) in [5, 5.41) is 11.9. The number of aliphatic hydroxyl groups excluding tert-OH is 1. The molecular weight excluding hydrogens is 261 g/mol. The second kappa shape index (κ2) is 6.16. The van der Waals surface area contributed by atoms with Crippen molar-refractivity contribution >= 4 is 11.6 Å². The minimum Gasteiger partial charge on any atom is -0.494 e. The molecule has 0 heterocycles. The number of carbonyl (C=O) groups is 1. The highest BCUT2D eigenvalue weighted by Gasteiger charge is 2.11. The van der Waals surface area contributed by atoms with Gasteiger partial charge in [0.1, 0.15) is 0 Å². The van der Waals surface area contributed by atoms with Crippen LogP contribution in [-0.4, -0.2) is 18.1 Å². The number of hydrogen-bond donors (Lipinski definition) is 2. The van der Waals surface area contributed by atoms with Crippen molar-refractivity contribution in [2.24, 2.45) is 0 Å². The van der Waals surface area contributed by atoms with E-state index in [2.05, 4.69) is 5.32 Å². The van der Waals surface area contributed by atoms with Crippen molar-refractivity contribution in [2.75, 3.05) is 12.4 Å². The van der Waals surface area contributed by atoms with Crippen molar-refractivity contribution in [3.05, 3.63) is 59.4 Å². The van der Waals surface area contributed by atoms with Crippen LogP contribution in [0.3, 0.4) is 0 Å². The quantitative estimate of drug-likeness (QED) is 0.901. The number of benzene rings is 2. The fraction of sp³-hybridized carbons (Fsp3) is 0.133. The predicted octanol–water partition coefficient (Wildman–Crippen LogP) is 2.58. The Morgan fingerprint density at radius 1 is 1.30 bits per heavy atom. The summed E-state index contributed by atoms with van der Waals surface area (Å²) in [4.78, 5) is 12.1. The molecule has 2 aromatic carbocycles. The molecule has 4 nitrogen and oxygen atoms in total. The van der Waals surface area contributed by atoms with Crippen LogP contribution in [0.2, 0.25) is 0 Å². The second-order valence-corrected chi connectivity index (χ2v) is 4.12. The Bertz CT molecular complexity index is 628. The second-order valence-electron chi connectivity index (χ2n) is 4.12. The SMILES string of the molecule is COc1cc(C(=O)Nc2ccccc2CO)ccc1F. The van der Waals surface area contributed by atoms with Crippen molar-refractivity contribution in [3.8, 4) is 5.75 Å². The van der Waals surface area contributed by atoms with Crippen molar-refractivity contribution in [1.82, 2.24) is 0 Å². The molecule has 2 rings (SSSR count). The van der Waals surface area contributed by atoms with E-state index in [-0.39, 0.29) is 17.9 Å². The van der Waals surface area contributed by atoms with Gasteiger partial charge in [-0.2, -0.15) is 0 Å². The van der Waals surface area contributed by atoms with Gasteiger partial charge < -0.3 is 15.2 Å². The van der Waals surface area contributed by atoms with E-state index in [0.717, 1.165) is 0 Å². The number of anilines is 1. The fourth-order valence-corrected chi connectivity index (χ4v) is 1.78. The van der Waals surface area contributed by atoms with Gasteiger partial charge in [0.25, 0.3) is 5.91 Å². The van der Waals surface area contributed by atoms with Crippen molar-refractivity contribution in [1.29, 1.82) is 0 Å². The van der Waals surface area contributed by atoms with Crippen LogP contribution < -0.4 is 10.1 Å². The molecular formula is C15H14FNO3. The molecule has 0 spiro atoms. The van der Waals surface area contributed by atoms with E-state index in [1.807, 2.05) is 0 Å². The fourth-order valence-electron chi connectivity index (χ4n) is 1.78. The highest BCUT2D eigenvalue weighted by atomic mass is 19.1.